The number of fused-ring (bicyclic) bond motifs is 1. The van der Waals surface area contributed by atoms with Gasteiger partial charge in [0.05, 0.1) is 22.9 Å². The molecular formula is C11H10N3NaO2. The van der Waals surface area contributed by atoms with Crippen molar-refractivity contribution in [2.24, 2.45) is 0 Å². The minimum absolute atomic E-state index is 0. The summed E-state index contributed by atoms with van der Waals surface area (Å²) in [6.07, 6.45) is 4.22. The Bertz CT molecular complexity index is 557. The van der Waals surface area contributed by atoms with Crippen LogP contribution in [0.15, 0.2) is 36.5 Å². The van der Waals surface area contributed by atoms with Gasteiger partial charge >= 0.3 is 29.6 Å². The van der Waals surface area contributed by atoms with E-state index in [1.165, 1.54) is 17.6 Å². The molecule has 1 aromatic heterocycles. The molecule has 0 saturated heterocycles. The van der Waals surface area contributed by atoms with Crippen LogP contribution in [0.2, 0.25) is 0 Å². The molecule has 0 radical (unpaired) electrons. The van der Waals surface area contributed by atoms with E-state index in [9.17, 15) is 4.79 Å². The van der Waals surface area contributed by atoms with Crippen LogP contribution in [0.1, 0.15) is 5.69 Å². The Balaban J connectivity index is 0.00000144. The van der Waals surface area contributed by atoms with Gasteiger partial charge in [0.2, 0.25) is 0 Å². The third-order valence-electron chi connectivity index (χ3n) is 1.98. The number of nitrogens with zero attached hydrogens (tertiary/aromatic N) is 2. The van der Waals surface area contributed by atoms with E-state index in [2.05, 4.69) is 9.97 Å². The fraction of sp³-hybridized carbons (Fsp3) is 0. The number of hydrogen-bond acceptors (Lipinski definition) is 4. The van der Waals surface area contributed by atoms with Gasteiger partial charge in [-0.1, -0.05) is 12.1 Å². The number of hydrogen-bond donors (Lipinski definition) is 2. The Kier molecular flexibility index (Phi) is 5.24. The fourth-order valence-corrected chi connectivity index (χ4v) is 1.25. The molecule has 17 heavy (non-hydrogen) atoms. The van der Waals surface area contributed by atoms with E-state index < -0.39 is 5.91 Å². The molecule has 82 valence electrons. The van der Waals surface area contributed by atoms with E-state index in [4.69, 9.17) is 5.21 Å². The van der Waals surface area contributed by atoms with E-state index in [0.29, 0.717) is 5.69 Å². The molecule has 0 bridgehead atoms. The Hall–Kier alpha value is -1.27. The van der Waals surface area contributed by atoms with Gasteiger partial charge in [0.15, 0.2) is 0 Å². The van der Waals surface area contributed by atoms with Crippen LogP contribution < -0.4 is 5.48 Å². The molecule has 5 nitrogen and oxygen atoms in total. The predicted octanol–water partition coefficient (Wildman–Crippen LogP) is 0.500. The van der Waals surface area contributed by atoms with Crippen LogP contribution in [0.25, 0.3) is 17.1 Å². The summed E-state index contributed by atoms with van der Waals surface area (Å²) in [5, 5.41) is 8.30. The van der Waals surface area contributed by atoms with E-state index in [1.54, 1.807) is 6.20 Å². The molecule has 2 aromatic rings. The Morgan fingerprint density at radius 1 is 1.29 bits per heavy atom. The summed E-state index contributed by atoms with van der Waals surface area (Å²) >= 11 is 0. The number of para-hydroxylation sites is 2. The molecule has 2 N–H and O–H groups in total. The van der Waals surface area contributed by atoms with Crippen LogP contribution in [0.4, 0.5) is 0 Å². The van der Waals surface area contributed by atoms with Gasteiger partial charge in [0.1, 0.15) is 0 Å². The van der Waals surface area contributed by atoms with Crippen molar-refractivity contribution >= 4 is 52.6 Å². The summed E-state index contributed by atoms with van der Waals surface area (Å²) in [5.41, 5.74) is 3.61. The van der Waals surface area contributed by atoms with Crippen molar-refractivity contribution < 1.29 is 10.0 Å². The van der Waals surface area contributed by atoms with Gasteiger partial charge in [-0.2, -0.15) is 0 Å². The van der Waals surface area contributed by atoms with Crippen molar-refractivity contribution in [3.05, 3.63) is 42.2 Å². The van der Waals surface area contributed by atoms with E-state index in [1.807, 2.05) is 24.3 Å². The third kappa shape index (κ3) is 3.61. The molecule has 0 spiro atoms. The minimum atomic E-state index is -0.602. The Morgan fingerprint density at radius 3 is 2.71 bits per heavy atom. The zero-order valence-electron chi connectivity index (χ0n) is 8.29. The molecule has 0 saturated carbocycles. The Labute approximate surface area is 120 Å². The molecule has 0 fully saturated rings. The molecule has 1 aromatic carbocycles. The Morgan fingerprint density at radius 2 is 2.00 bits per heavy atom. The average Bonchev–Trinajstić information content (AvgIpc) is 2.35. The number of hydroxylamine groups is 1. The van der Waals surface area contributed by atoms with Crippen molar-refractivity contribution in [2.45, 2.75) is 0 Å². The van der Waals surface area contributed by atoms with E-state index in [0.717, 1.165) is 11.0 Å². The van der Waals surface area contributed by atoms with Gasteiger partial charge in [-0.25, -0.2) is 10.5 Å². The molecule has 0 aliphatic rings. The zero-order chi connectivity index (χ0) is 11.4. The van der Waals surface area contributed by atoms with Crippen molar-refractivity contribution in [1.29, 1.82) is 0 Å². The number of amides is 1. The second-order valence-electron chi connectivity index (χ2n) is 3.09. The molecular weight excluding hydrogens is 229 g/mol. The quantitative estimate of drug-likeness (QED) is 0.346. The first-order valence-corrected chi connectivity index (χ1v) is 4.63. The molecule has 1 amide bonds. The van der Waals surface area contributed by atoms with Gasteiger partial charge in [0.25, 0.3) is 5.91 Å². The van der Waals surface area contributed by atoms with Crippen LogP contribution in [0.3, 0.4) is 0 Å². The van der Waals surface area contributed by atoms with Crippen molar-refractivity contribution in [1.82, 2.24) is 15.4 Å². The summed E-state index contributed by atoms with van der Waals surface area (Å²) in [4.78, 5) is 19.2. The van der Waals surface area contributed by atoms with Crippen molar-refractivity contribution in [3.8, 4) is 0 Å². The summed E-state index contributed by atoms with van der Waals surface area (Å²) in [6, 6.07) is 7.44. The number of aromatic nitrogens is 2. The first-order chi connectivity index (χ1) is 7.79. The van der Waals surface area contributed by atoms with Gasteiger partial charge in [-0.05, 0) is 18.2 Å². The first kappa shape index (κ1) is 13.8. The van der Waals surface area contributed by atoms with Crippen molar-refractivity contribution in [3.63, 3.8) is 0 Å². The number of rotatable bonds is 2. The van der Waals surface area contributed by atoms with Gasteiger partial charge < -0.3 is 0 Å². The van der Waals surface area contributed by atoms with Gasteiger partial charge in [-0.15, -0.1) is 0 Å². The van der Waals surface area contributed by atoms with Crippen LogP contribution in [0.5, 0.6) is 0 Å². The van der Waals surface area contributed by atoms with E-state index >= 15 is 0 Å². The molecule has 6 heteroatoms. The van der Waals surface area contributed by atoms with Gasteiger partial charge in [-0.3, -0.25) is 15.0 Å². The summed E-state index contributed by atoms with van der Waals surface area (Å²) < 4.78 is 0. The predicted molar refractivity (Wildman–Crippen MR) is 65.7 cm³/mol. The summed E-state index contributed by atoms with van der Waals surface area (Å²) in [5.74, 6) is -0.602. The summed E-state index contributed by atoms with van der Waals surface area (Å²) in [6.45, 7) is 0. The summed E-state index contributed by atoms with van der Waals surface area (Å²) in [7, 11) is 0. The van der Waals surface area contributed by atoms with Crippen LogP contribution in [0, 0.1) is 0 Å². The molecule has 1 heterocycles. The SMILES string of the molecule is O=C(/C=C/c1cnc2ccccc2n1)NO.[NaH]. The number of nitrogens with one attached hydrogen (secondary N) is 1. The second kappa shape index (κ2) is 6.46. The van der Waals surface area contributed by atoms with Crippen LogP contribution >= 0.6 is 0 Å². The molecule has 0 aliphatic heterocycles. The molecule has 2 rings (SSSR count). The zero-order valence-corrected chi connectivity index (χ0v) is 8.29. The molecule has 0 unspecified atom stereocenters. The van der Waals surface area contributed by atoms with Crippen LogP contribution in [-0.4, -0.2) is 50.6 Å². The fourth-order valence-electron chi connectivity index (χ4n) is 1.25. The standard InChI is InChI=1S/C11H9N3O2.Na.H/c15-11(14-16)6-5-8-7-12-9-3-1-2-4-10(9)13-8;;/h1-7,16H,(H,14,15);;/b6-5+;;. The third-order valence-corrected chi connectivity index (χ3v) is 1.98. The monoisotopic (exact) mass is 239 g/mol. The number of benzene rings is 1. The number of carbonyl (C=O) groups excluding carboxylic acids is 1. The van der Waals surface area contributed by atoms with Crippen molar-refractivity contribution in [2.75, 3.05) is 0 Å². The maximum absolute atomic E-state index is 10.8. The first-order valence-electron chi connectivity index (χ1n) is 4.63. The topological polar surface area (TPSA) is 75.1 Å². The van der Waals surface area contributed by atoms with Gasteiger partial charge in [0, 0.05) is 6.08 Å². The van der Waals surface area contributed by atoms with Crippen LogP contribution in [-0.2, 0) is 4.79 Å². The second-order valence-corrected chi connectivity index (χ2v) is 3.09. The average molecular weight is 239 g/mol. The normalized spacial score (nSPS) is 10.2. The van der Waals surface area contributed by atoms with E-state index in [-0.39, 0.29) is 29.6 Å². The maximum atomic E-state index is 10.8. The molecule has 0 atom stereocenters. The molecule has 0 aliphatic carbocycles. The number of carbonyl (C=O) groups is 1.